The standard InChI is InChI=1S/C23H24P/c1-16-10-12-22(19(4)14-16)24(21-9-7-6-8-18(21)3)23-13-11-17(2)15-20(23)5/h6-15H,3H2,1-2,4-5H3. The van der Waals surface area contributed by atoms with Gasteiger partial charge in [0.15, 0.2) is 0 Å². The number of aryl methyl sites for hydroxylation is 4. The van der Waals surface area contributed by atoms with Crippen molar-refractivity contribution in [3.05, 3.63) is 95.4 Å². The van der Waals surface area contributed by atoms with Crippen LogP contribution in [0.25, 0.3) is 0 Å². The molecule has 0 spiro atoms. The highest BCUT2D eigenvalue weighted by Crippen LogP contribution is 2.36. The Morgan fingerprint density at radius 1 is 0.625 bits per heavy atom. The van der Waals surface area contributed by atoms with Crippen molar-refractivity contribution in [3.8, 4) is 0 Å². The monoisotopic (exact) mass is 331 g/mol. The van der Waals surface area contributed by atoms with E-state index in [9.17, 15) is 0 Å². The average Bonchev–Trinajstić information content (AvgIpc) is 2.52. The lowest BCUT2D eigenvalue weighted by atomic mass is 10.1. The van der Waals surface area contributed by atoms with Crippen molar-refractivity contribution in [1.82, 2.24) is 0 Å². The van der Waals surface area contributed by atoms with Gasteiger partial charge in [0.25, 0.3) is 0 Å². The maximum absolute atomic E-state index is 4.30. The third-order valence-electron chi connectivity index (χ3n) is 4.42. The topological polar surface area (TPSA) is 0 Å². The molecular formula is C23H24P. The molecule has 0 bridgehead atoms. The fraction of sp³-hybridized carbons (Fsp3) is 0.174. The van der Waals surface area contributed by atoms with Gasteiger partial charge in [-0.3, -0.25) is 0 Å². The summed E-state index contributed by atoms with van der Waals surface area (Å²) in [4.78, 5) is 0. The molecule has 3 rings (SSSR count). The maximum Gasteiger partial charge on any atom is -0.0119 e. The van der Waals surface area contributed by atoms with Crippen molar-refractivity contribution >= 4 is 23.8 Å². The Balaban J connectivity index is 2.27. The molecule has 0 aliphatic heterocycles. The van der Waals surface area contributed by atoms with E-state index in [1.807, 2.05) is 0 Å². The van der Waals surface area contributed by atoms with Gasteiger partial charge >= 0.3 is 0 Å². The van der Waals surface area contributed by atoms with Crippen LogP contribution in [0.2, 0.25) is 0 Å². The van der Waals surface area contributed by atoms with E-state index < -0.39 is 7.92 Å². The fourth-order valence-corrected chi connectivity index (χ4v) is 5.89. The van der Waals surface area contributed by atoms with Crippen LogP contribution < -0.4 is 15.9 Å². The van der Waals surface area contributed by atoms with Crippen molar-refractivity contribution in [2.24, 2.45) is 0 Å². The van der Waals surface area contributed by atoms with Crippen LogP contribution in [-0.4, -0.2) is 0 Å². The van der Waals surface area contributed by atoms with E-state index in [1.54, 1.807) is 0 Å². The predicted octanol–water partition coefficient (Wildman–Crippen LogP) is 4.86. The van der Waals surface area contributed by atoms with Gasteiger partial charge in [-0.05, 0) is 75.1 Å². The lowest BCUT2D eigenvalue weighted by molar-refractivity contribution is 1.40. The molecule has 0 saturated heterocycles. The van der Waals surface area contributed by atoms with Gasteiger partial charge in [0.2, 0.25) is 0 Å². The van der Waals surface area contributed by atoms with Gasteiger partial charge in [0.1, 0.15) is 0 Å². The minimum Gasteiger partial charge on any atom is -0.0619 e. The summed E-state index contributed by atoms with van der Waals surface area (Å²) in [5.74, 6) is 0. The molecule has 0 heterocycles. The number of benzene rings is 3. The summed E-state index contributed by atoms with van der Waals surface area (Å²) in [5, 5.41) is 4.21. The first-order valence-electron chi connectivity index (χ1n) is 8.33. The van der Waals surface area contributed by atoms with E-state index >= 15 is 0 Å². The normalized spacial score (nSPS) is 11.1. The van der Waals surface area contributed by atoms with Gasteiger partial charge in [-0.1, -0.05) is 71.8 Å². The molecule has 1 heteroatoms. The molecule has 121 valence electrons. The van der Waals surface area contributed by atoms with Gasteiger partial charge < -0.3 is 0 Å². The van der Waals surface area contributed by atoms with Crippen molar-refractivity contribution in [1.29, 1.82) is 0 Å². The number of rotatable bonds is 3. The molecule has 0 saturated carbocycles. The molecular weight excluding hydrogens is 307 g/mol. The van der Waals surface area contributed by atoms with Gasteiger partial charge in [-0.15, -0.1) is 0 Å². The Kier molecular flexibility index (Phi) is 4.88. The summed E-state index contributed by atoms with van der Waals surface area (Å²) in [7, 11) is -0.596. The van der Waals surface area contributed by atoms with E-state index in [1.165, 1.54) is 38.2 Å². The van der Waals surface area contributed by atoms with Crippen LogP contribution in [-0.2, 0) is 0 Å². The Morgan fingerprint density at radius 3 is 1.58 bits per heavy atom. The smallest absolute Gasteiger partial charge is 0.0119 e. The highest BCUT2D eigenvalue weighted by Gasteiger charge is 2.21. The van der Waals surface area contributed by atoms with Crippen LogP contribution in [0.15, 0.2) is 60.7 Å². The zero-order valence-electron chi connectivity index (χ0n) is 14.9. The van der Waals surface area contributed by atoms with Gasteiger partial charge in [0, 0.05) is 0 Å². The minimum absolute atomic E-state index is 0.596. The molecule has 0 amide bonds. The van der Waals surface area contributed by atoms with Crippen LogP contribution in [0.4, 0.5) is 0 Å². The van der Waals surface area contributed by atoms with Gasteiger partial charge in [-0.2, -0.15) is 0 Å². The second-order valence-corrected chi connectivity index (χ2v) is 8.66. The zero-order chi connectivity index (χ0) is 17.3. The zero-order valence-corrected chi connectivity index (χ0v) is 15.8. The van der Waals surface area contributed by atoms with E-state index in [4.69, 9.17) is 0 Å². The highest BCUT2D eigenvalue weighted by molar-refractivity contribution is 7.80. The molecule has 0 aliphatic rings. The van der Waals surface area contributed by atoms with Gasteiger partial charge in [0.05, 0.1) is 0 Å². The number of hydrogen-bond acceptors (Lipinski definition) is 0. The second-order valence-electron chi connectivity index (χ2n) is 6.54. The average molecular weight is 331 g/mol. The second kappa shape index (κ2) is 6.91. The van der Waals surface area contributed by atoms with Crippen LogP contribution in [0.5, 0.6) is 0 Å². The first-order valence-corrected chi connectivity index (χ1v) is 9.67. The van der Waals surface area contributed by atoms with E-state index in [0.717, 1.165) is 5.56 Å². The lowest BCUT2D eigenvalue weighted by Crippen LogP contribution is -2.25. The lowest BCUT2D eigenvalue weighted by Gasteiger charge is -2.25. The Hall–Kier alpha value is -1.91. The fourth-order valence-electron chi connectivity index (χ4n) is 3.23. The third kappa shape index (κ3) is 3.30. The SMILES string of the molecule is [CH2]c1ccccc1P(c1ccc(C)cc1C)c1ccc(C)cc1C. The van der Waals surface area contributed by atoms with E-state index in [-0.39, 0.29) is 0 Å². The largest absolute Gasteiger partial charge is 0.0619 e. The first kappa shape index (κ1) is 16.9. The summed E-state index contributed by atoms with van der Waals surface area (Å²) >= 11 is 0. The summed E-state index contributed by atoms with van der Waals surface area (Å²) < 4.78 is 0. The van der Waals surface area contributed by atoms with Crippen LogP contribution >= 0.6 is 7.92 Å². The van der Waals surface area contributed by atoms with Crippen molar-refractivity contribution in [3.63, 3.8) is 0 Å². The summed E-state index contributed by atoms with van der Waals surface area (Å²) in [6, 6.07) is 22.2. The minimum atomic E-state index is -0.596. The van der Waals surface area contributed by atoms with Crippen molar-refractivity contribution < 1.29 is 0 Å². The molecule has 0 nitrogen and oxygen atoms in total. The first-order chi connectivity index (χ1) is 11.5. The van der Waals surface area contributed by atoms with Crippen LogP contribution in [0.3, 0.4) is 0 Å². The molecule has 1 radical (unpaired) electrons. The summed E-state index contributed by atoms with van der Waals surface area (Å²) in [6.07, 6.45) is 0. The van der Waals surface area contributed by atoms with Gasteiger partial charge in [-0.25, -0.2) is 0 Å². The van der Waals surface area contributed by atoms with E-state index in [2.05, 4.69) is 95.3 Å². The predicted molar refractivity (Wildman–Crippen MR) is 109 cm³/mol. The van der Waals surface area contributed by atoms with E-state index in [0.29, 0.717) is 0 Å². The Labute approximate surface area is 147 Å². The van der Waals surface area contributed by atoms with Crippen molar-refractivity contribution in [2.75, 3.05) is 0 Å². The molecule has 0 atom stereocenters. The molecule has 24 heavy (non-hydrogen) atoms. The summed E-state index contributed by atoms with van der Waals surface area (Å²) in [6.45, 7) is 13.1. The molecule has 0 fully saturated rings. The molecule has 0 unspecified atom stereocenters. The van der Waals surface area contributed by atoms with Crippen LogP contribution in [0.1, 0.15) is 27.8 Å². The van der Waals surface area contributed by atoms with Crippen molar-refractivity contribution in [2.45, 2.75) is 27.7 Å². The molecule has 3 aromatic carbocycles. The summed E-state index contributed by atoms with van der Waals surface area (Å²) in [5.41, 5.74) is 6.49. The highest BCUT2D eigenvalue weighted by atomic mass is 31.1. The number of hydrogen-bond donors (Lipinski definition) is 0. The molecule has 3 aromatic rings. The molecule has 0 aliphatic carbocycles. The Morgan fingerprint density at radius 2 is 1.12 bits per heavy atom. The molecule has 0 aromatic heterocycles. The quantitative estimate of drug-likeness (QED) is 0.601. The third-order valence-corrected chi connectivity index (χ3v) is 7.30. The molecule has 0 N–H and O–H groups in total. The van der Waals surface area contributed by atoms with Crippen LogP contribution in [0, 0.1) is 34.6 Å². The Bertz CT molecular complexity index is 825. The maximum atomic E-state index is 4.30.